The van der Waals surface area contributed by atoms with Crippen LogP contribution in [-0.2, 0) is 0 Å². The molecule has 2 N–H and O–H groups in total. The molecule has 1 aromatic rings. The fourth-order valence-electron chi connectivity index (χ4n) is 3.25. The topological polar surface area (TPSA) is 39.7 Å². The first kappa shape index (κ1) is 19.6. The van der Waals surface area contributed by atoms with Crippen molar-refractivity contribution in [3.8, 4) is 0 Å². The standard InChI is InChI=1S/C19H30F2N4/c1-4-25-11-8-15(9-12-25)7-10-23-19(22-3)24-14(2)16-5-6-17(20)18(21)13-16/h5-6,13-15H,4,7-12H2,1-3H3,(H2,22,23,24). The molecule has 0 bridgehead atoms. The molecule has 6 heteroatoms. The van der Waals surface area contributed by atoms with Crippen LogP contribution in [0.1, 0.15) is 44.7 Å². The molecule has 1 aliphatic heterocycles. The van der Waals surface area contributed by atoms with Crippen LogP contribution >= 0.6 is 0 Å². The summed E-state index contributed by atoms with van der Waals surface area (Å²) in [5.74, 6) is -0.208. The van der Waals surface area contributed by atoms with Gasteiger partial charge in [-0.15, -0.1) is 0 Å². The molecule has 1 heterocycles. The SMILES string of the molecule is CCN1CCC(CCNC(=NC)NC(C)c2ccc(F)c(F)c2)CC1. The summed E-state index contributed by atoms with van der Waals surface area (Å²) in [6, 6.07) is 3.81. The number of benzene rings is 1. The third-order valence-corrected chi connectivity index (χ3v) is 5.02. The van der Waals surface area contributed by atoms with Crippen LogP contribution in [0.15, 0.2) is 23.2 Å². The van der Waals surface area contributed by atoms with Gasteiger partial charge in [-0.3, -0.25) is 4.99 Å². The highest BCUT2D eigenvalue weighted by Crippen LogP contribution is 2.19. The minimum atomic E-state index is -0.826. The van der Waals surface area contributed by atoms with Gasteiger partial charge in [0.2, 0.25) is 0 Å². The Morgan fingerprint density at radius 1 is 1.28 bits per heavy atom. The van der Waals surface area contributed by atoms with Crippen molar-refractivity contribution in [2.75, 3.05) is 33.2 Å². The van der Waals surface area contributed by atoms with E-state index < -0.39 is 11.6 Å². The second-order valence-electron chi connectivity index (χ2n) is 6.70. The lowest BCUT2D eigenvalue weighted by atomic mass is 9.93. The van der Waals surface area contributed by atoms with Gasteiger partial charge in [-0.25, -0.2) is 8.78 Å². The Kier molecular flexibility index (Phi) is 7.62. The van der Waals surface area contributed by atoms with E-state index in [9.17, 15) is 8.78 Å². The van der Waals surface area contributed by atoms with Gasteiger partial charge in [-0.2, -0.15) is 0 Å². The number of aliphatic imine (C=N–C) groups is 1. The summed E-state index contributed by atoms with van der Waals surface area (Å²) in [5.41, 5.74) is 0.689. The summed E-state index contributed by atoms with van der Waals surface area (Å²) in [5, 5.41) is 6.55. The van der Waals surface area contributed by atoms with Crippen molar-refractivity contribution in [3.63, 3.8) is 0 Å². The van der Waals surface area contributed by atoms with Crippen LogP contribution < -0.4 is 10.6 Å². The molecule has 1 unspecified atom stereocenters. The molecule has 1 saturated heterocycles. The van der Waals surface area contributed by atoms with Crippen LogP contribution in [0.4, 0.5) is 8.78 Å². The number of piperidine rings is 1. The molecular weight excluding hydrogens is 322 g/mol. The van der Waals surface area contributed by atoms with Crippen LogP contribution in [0.5, 0.6) is 0 Å². The van der Waals surface area contributed by atoms with E-state index in [0.717, 1.165) is 31.5 Å². The monoisotopic (exact) mass is 352 g/mol. The van der Waals surface area contributed by atoms with E-state index in [-0.39, 0.29) is 6.04 Å². The van der Waals surface area contributed by atoms with E-state index in [2.05, 4.69) is 27.4 Å². The first-order valence-corrected chi connectivity index (χ1v) is 9.18. The van der Waals surface area contributed by atoms with Crippen molar-refractivity contribution in [2.45, 2.75) is 39.2 Å². The molecule has 0 amide bonds. The molecule has 0 saturated carbocycles. The van der Waals surface area contributed by atoms with Crippen molar-refractivity contribution < 1.29 is 8.78 Å². The van der Waals surface area contributed by atoms with Crippen LogP contribution in [0.25, 0.3) is 0 Å². The molecule has 2 rings (SSSR count). The van der Waals surface area contributed by atoms with E-state index >= 15 is 0 Å². The second kappa shape index (κ2) is 9.70. The van der Waals surface area contributed by atoms with Crippen LogP contribution in [0.3, 0.4) is 0 Å². The van der Waals surface area contributed by atoms with Crippen molar-refractivity contribution in [1.29, 1.82) is 0 Å². The highest BCUT2D eigenvalue weighted by Gasteiger charge is 2.18. The molecule has 0 spiro atoms. The first-order chi connectivity index (χ1) is 12.0. The van der Waals surface area contributed by atoms with Gasteiger partial charge in [-0.1, -0.05) is 13.0 Å². The Labute approximate surface area is 149 Å². The largest absolute Gasteiger partial charge is 0.356 e. The number of halogens is 2. The Morgan fingerprint density at radius 2 is 2.00 bits per heavy atom. The van der Waals surface area contributed by atoms with Crippen molar-refractivity contribution in [3.05, 3.63) is 35.4 Å². The summed E-state index contributed by atoms with van der Waals surface area (Å²) >= 11 is 0. The predicted molar refractivity (Wildman–Crippen MR) is 98.7 cm³/mol. The Balaban J connectivity index is 1.75. The van der Waals surface area contributed by atoms with E-state index in [0.29, 0.717) is 11.5 Å². The Hall–Kier alpha value is -1.69. The zero-order valence-electron chi connectivity index (χ0n) is 15.5. The van der Waals surface area contributed by atoms with Gasteiger partial charge in [0.15, 0.2) is 17.6 Å². The van der Waals surface area contributed by atoms with Gasteiger partial charge in [0.25, 0.3) is 0 Å². The summed E-state index contributed by atoms with van der Waals surface area (Å²) in [7, 11) is 1.72. The number of nitrogens with one attached hydrogen (secondary N) is 2. The lowest BCUT2D eigenvalue weighted by molar-refractivity contribution is 0.187. The predicted octanol–water partition coefficient (Wildman–Crippen LogP) is 3.31. The maximum Gasteiger partial charge on any atom is 0.191 e. The number of rotatable bonds is 6. The molecule has 4 nitrogen and oxygen atoms in total. The number of hydrogen-bond donors (Lipinski definition) is 2. The summed E-state index contributed by atoms with van der Waals surface area (Å²) < 4.78 is 26.4. The lowest BCUT2D eigenvalue weighted by Crippen LogP contribution is -2.40. The second-order valence-corrected chi connectivity index (χ2v) is 6.70. The first-order valence-electron chi connectivity index (χ1n) is 9.18. The summed E-state index contributed by atoms with van der Waals surface area (Å²) in [6.45, 7) is 8.51. The fourth-order valence-corrected chi connectivity index (χ4v) is 3.25. The number of hydrogen-bond acceptors (Lipinski definition) is 2. The molecule has 1 aliphatic rings. The minimum absolute atomic E-state index is 0.158. The van der Waals surface area contributed by atoms with Crippen LogP contribution in [0.2, 0.25) is 0 Å². The third kappa shape index (κ3) is 5.96. The van der Waals surface area contributed by atoms with Crippen molar-refractivity contribution in [1.82, 2.24) is 15.5 Å². The van der Waals surface area contributed by atoms with Crippen molar-refractivity contribution >= 4 is 5.96 Å². The van der Waals surface area contributed by atoms with Crippen molar-refractivity contribution in [2.24, 2.45) is 10.9 Å². The highest BCUT2D eigenvalue weighted by molar-refractivity contribution is 5.80. The highest BCUT2D eigenvalue weighted by atomic mass is 19.2. The van der Waals surface area contributed by atoms with E-state index in [1.54, 1.807) is 13.1 Å². The molecule has 1 fully saturated rings. The lowest BCUT2D eigenvalue weighted by Gasteiger charge is -2.31. The molecule has 1 aromatic carbocycles. The van der Waals surface area contributed by atoms with Gasteiger partial charge in [0.05, 0.1) is 6.04 Å². The van der Waals surface area contributed by atoms with E-state index in [4.69, 9.17) is 0 Å². The molecular formula is C19H30F2N4. The molecule has 0 aliphatic carbocycles. The zero-order chi connectivity index (χ0) is 18.2. The quantitative estimate of drug-likeness (QED) is 0.609. The van der Waals surface area contributed by atoms with Gasteiger partial charge >= 0.3 is 0 Å². The average Bonchev–Trinajstić information content (AvgIpc) is 2.63. The number of guanidine groups is 1. The summed E-state index contributed by atoms with van der Waals surface area (Å²) in [4.78, 5) is 6.71. The normalized spacial score (nSPS) is 18.2. The Morgan fingerprint density at radius 3 is 2.60 bits per heavy atom. The van der Waals surface area contributed by atoms with Gasteiger partial charge in [0, 0.05) is 13.6 Å². The number of likely N-dealkylation sites (tertiary alicyclic amines) is 1. The maximum absolute atomic E-state index is 13.4. The molecule has 0 radical (unpaired) electrons. The molecule has 140 valence electrons. The summed E-state index contributed by atoms with van der Waals surface area (Å²) in [6.07, 6.45) is 3.64. The van der Waals surface area contributed by atoms with Crippen LogP contribution in [-0.4, -0.2) is 44.1 Å². The maximum atomic E-state index is 13.4. The smallest absolute Gasteiger partial charge is 0.191 e. The van der Waals surface area contributed by atoms with Gasteiger partial charge < -0.3 is 15.5 Å². The van der Waals surface area contributed by atoms with E-state index in [1.807, 2.05) is 6.92 Å². The molecule has 0 aromatic heterocycles. The minimum Gasteiger partial charge on any atom is -0.356 e. The zero-order valence-corrected chi connectivity index (χ0v) is 15.5. The average molecular weight is 352 g/mol. The molecule has 25 heavy (non-hydrogen) atoms. The van der Waals surface area contributed by atoms with E-state index in [1.165, 1.54) is 32.0 Å². The number of nitrogens with zero attached hydrogens (tertiary/aromatic N) is 2. The van der Waals surface area contributed by atoms with Crippen LogP contribution in [0, 0.1) is 17.6 Å². The fraction of sp³-hybridized carbons (Fsp3) is 0.632. The molecule has 1 atom stereocenters. The Bertz CT molecular complexity index is 569. The van der Waals surface area contributed by atoms with Gasteiger partial charge in [-0.05, 0) is 69.4 Å². The van der Waals surface area contributed by atoms with Gasteiger partial charge in [0.1, 0.15) is 0 Å². The third-order valence-electron chi connectivity index (χ3n) is 5.02.